The molecule has 0 unspecified atom stereocenters. The predicted octanol–water partition coefficient (Wildman–Crippen LogP) is 3.71. The number of ether oxygens (including phenoxy) is 2. The van der Waals surface area contributed by atoms with Crippen molar-refractivity contribution in [2.45, 2.75) is 70.5 Å². The minimum absolute atomic E-state index is 0.244. The molecule has 2 aliphatic heterocycles. The number of hydrogen-bond acceptors (Lipinski definition) is 3. The van der Waals surface area contributed by atoms with E-state index in [0.717, 1.165) is 26.1 Å². The number of hydrogen-bond donors (Lipinski definition) is 1. The second-order valence-electron chi connectivity index (χ2n) is 6.47. The number of aliphatic hydroxyl groups is 1. The van der Waals surface area contributed by atoms with E-state index in [1.54, 1.807) is 0 Å². The number of rotatable bonds is 11. The van der Waals surface area contributed by atoms with Crippen molar-refractivity contribution in [3.05, 3.63) is 12.2 Å². The van der Waals surface area contributed by atoms with Gasteiger partial charge in [0, 0.05) is 19.1 Å². The lowest BCUT2D eigenvalue weighted by Crippen LogP contribution is -2.30. The molecule has 2 heterocycles. The van der Waals surface area contributed by atoms with Crippen LogP contribution in [0.4, 0.5) is 0 Å². The summed E-state index contributed by atoms with van der Waals surface area (Å²) in [4.78, 5) is 0. The molecule has 0 spiro atoms. The monoisotopic (exact) mass is 296 g/mol. The van der Waals surface area contributed by atoms with E-state index in [1.165, 1.54) is 38.5 Å². The summed E-state index contributed by atoms with van der Waals surface area (Å²) in [6, 6.07) is 0. The number of fused-ring (bicyclic) bond motifs is 2. The summed E-state index contributed by atoms with van der Waals surface area (Å²) in [6.07, 6.45) is 14.5. The van der Waals surface area contributed by atoms with Crippen LogP contribution < -0.4 is 0 Å². The van der Waals surface area contributed by atoms with E-state index < -0.39 is 0 Å². The first kappa shape index (κ1) is 17.0. The molecule has 3 heteroatoms. The van der Waals surface area contributed by atoms with E-state index in [0.29, 0.717) is 24.0 Å². The summed E-state index contributed by atoms with van der Waals surface area (Å²) < 4.78 is 12.0. The number of allylic oxidation sites excluding steroid dienone is 1. The van der Waals surface area contributed by atoms with Crippen LogP contribution in [-0.2, 0) is 9.47 Å². The van der Waals surface area contributed by atoms with Crippen molar-refractivity contribution in [2.24, 2.45) is 11.8 Å². The Morgan fingerprint density at radius 3 is 2.67 bits per heavy atom. The molecule has 122 valence electrons. The van der Waals surface area contributed by atoms with Crippen LogP contribution in [0.25, 0.3) is 0 Å². The lowest BCUT2D eigenvalue weighted by atomic mass is 9.78. The normalized spacial score (nSPS) is 31.5. The van der Waals surface area contributed by atoms with Crippen molar-refractivity contribution in [3.8, 4) is 0 Å². The second kappa shape index (κ2) is 9.60. The molecular formula is C18H32O3. The maximum absolute atomic E-state index is 8.82. The summed E-state index contributed by atoms with van der Waals surface area (Å²) in [5, 5.41) is 8.82. The number of unbranched alkanes of at least 4 members (excludes halogenated alkanes) is 3. The van der Waals surface area contributed by atoms with Crippen LogP contribution >= 0.6 is 0 Å². The average Bonchev–Trinajstić information content (AvgIpc) is 3.09. The molecule has 0 aromatic heterocycles. The van der Waals surface area contributed by atoms with Crippen molar-refractivity contribution >= 4 is 0 Å². The van der Waals surface area contributed by atoms with Crippen LogP contribution in [0.15, 0.2) is 12.2 Å². The first-order chi connectivity index (χ1) is 10.4. The lowest BCUT2D eigenvalue weighted by Gasteiger charge is -2.27. The molecule has 0 radical (unpaired) electrons. The SMILES string of the molecule is CCCCCCOC[C@H]1[C@@H](CC=CCCO)[C@H]2CC[C@@H]1O2. The predicted molar refractivity (Wildman–Crippen MR) is 85.3 cm³/mol. The zero-order valence-electron chi connectivity index (χ0n) is 13.5. The van der Waals surface area contributed by atoms with Crippen LogP contribution in [0, 0.1) is 11.8 Å². The molecule has 21 heavy (non-hydrogen) atoms. The molecule has 4 atom stereocenters. The van der Waals surface area contributed by atoms with Gasteiger partial charge in [0.2, 0.25) is 0 Å². The molecule has 2 fully saturated rings. The molecule has 0 aromatic carbocycles. The average molecular weight is 296 g/mol. The molecular weight excluding hydrogens is 264 g/mol. The number of aliphatic hydroxyl groups excluding tert-OH is 1. The fourth-order valence-electron chi connectivity index (χ4n) is 3.72. The topological polar surface area (TPSA) is 38.7 Å². The smallest absolute Gasteiger partial charge is 0.0633 e. The van der Waals surface area contributed by atoms with Crippen molar-refractivity contribution < 1.29 is 14.6 Å². The van der Waals surface area contributed by atoms with Gasteiger partial charge in [-0.2, -0.15) is 0 Å². The van der Waals surface area contributed by atoms with Crippen LogP contribution in [0.3, 0.4) is 0 Å². The van der Waals surface area contributed by atoms with E-state index in [9.17, 15) is 0 Å². The van der Waals surface area contributed by atoms with Gasteiger partial charge in [-0.25, -0.2) is 0 Å². The fourth-order valence-corrected chi connectivity index (χ4v) is 3.72. The van der Waals surface area contributed by atoms with Gasteiger partial charge in [0.15, 0.2) is 0 Å². The van der Waals surface area contributed by atoms with E-state index in [4.69, 9.17) is 14.6 Å². The highest BCUT2D eigenvalue weighted by Gasteiger charge is 2.47. The zero-order valence-corrected chi connectivity index (χ0v) is 13.5. The zero-order chi connectivity index (χ0) is 14.9. The van der Waals surface area contributed by atoms with E-state index in [-0.39, 0.29) is 6.61 Å². The Kier molecular flexibility index (Phi) is 7.76. The Balaban J connectivity index is 1.69. The molecule has 2 saturated heterocycles. The molecule has 0 aromatic rings. The summed E-state index contributed by atoms with van der Waals surface area (Å²) >= 11 is 0. The quantitative estimate of drug-likeness (QED) is 0.466. The van der Waals surface area contributed by atoms with Crippen molar-refractivity contribution in [3.63, 3.8) is 0 Å². The highest BCUT2D eigenvalue weighted by molar-refractivity contribution is 4.99. The Labute approximate surface area is 129 Å². The molecule has 2 rings (SSSR count). The Bertz CT molecular complexity index is 303. The summed E-state index contributed by atoms with van der Waals surface area (Å²) in [7, 11) is 0. The molecule has 1 N–H and O–H groups in total. The maximum atomic E-state index is 8.82. The minimum atomic E-state index is 0.244. The largest absolute Gasteiger partial charge is 0.396 e. The van der Waals surface area contributed by atoms with E-state index in [1.807, 2.05) is 0 Å². The van der Waals surface area contributed by atoms with Gasteiger partial charge in [-0.1, -0.05) is 38.3 Å². The third kappa shape index (κ3) is 5.08. The molecule has 0 aliphatic carbocycles. The van der Waals surface area contributed by atoms with Crippen LogP contribution in [0.1, 0.15) is 58.3 Å². The fraction of sp³-hybridized carbons (Fsp3) is 0.889. The van der Waals surface area contributed by atoms with Gasteiger partial charge < -0.3 is 14.6 Å². The molecule has 2 aliphatic rings. The first-order valence-electron chi connectivity index (χ1n) is 8.85. The Hall–Kier alpha value is -0.380. The van der Waals surface area contributed by atoms with Crippen LogP contribution in [-0.4, -0.2) is 37.1 Å². The van der Waals surface area contributed by atoms with Crippen molar-refractivity contribution in [1.82, 2.24) is 0 Å². The Morgan fingerprint density at radius 2 is 1.90 bits per heavy atom. The van der Waals surface area contributed by atoms with Gasteiger partial charge in [-0.05, 0) is 38.0 Å². The maximum Gasteiger partial charge on any atom is 0.0633 e. The van der Waals surface area contributed by atoms with Crippen LogP contribution in [0.5, 0.6) is 0 Å². The van der Waals surface area contributed by atoms with Gasteiger partial charge >= 0.3 is 0 Å². The lowest BCUT2D eigenvalue weighted by molar-refractivity contribution is 0.0478. The molecule has 0 saturated carbocycles. The second-order valence-corrected chi connectivity index (χ2v) is 6.47. The standard InChI is InChI=1S/C18H32O3/c1-2-3-4-8-13-20-14-16-15(9-6-5-7-12-19)17-10-11-18(16)21-17/h5-6,15-19H,2-4,7-14H2,1H3/t15-,16+,17-,18+/m1/s1. The highest BCUT2D eigenvalue weighted by atomic mass is 16.5. The van der Waals surface area contributed by atoms with E-state index >= 15 is 0 Å². The van der Waals surface area contributed by atoms with Gasteiger partial charge in [0.25, 0.3) is 0 Å². The Morgan fingerprint density at radius 1 is 1.10 bits per heavy atom. The van der Waals surface area contributed by atoms with Crippen molar-refractivity contribution in [2.75, 3.05) is 19.8 Å². The molecule has 3 nitrogen and oxygen atoms in total. The van der Waals surface area contributed by atoms with Crippen LogP contribution in [0.2, 0.25) is 0 Å². The van der Waals surface area contributed by atoms with Gasteiger partial charge in [0.1, 0.15) is 0 Å². The summed E-state index contributed by atoms with van der Waals surface area (Å²) in [6.45, 7) is 4.25. The van der Waals surface area contributed by atoms with Gasteiger partial charge in [0.05, 0.1) is 18.8 Å². The van der Waals surface area contributed by atoms with Gasteiger partial charge in [-0.3, -0.25) is 0 Å². The molecule has 0 amide bonds. The third-order valence-electron chi connectivity index (χ3n) is 4.91. The van der Waals surface area contributed by atoms with Crippen molar-refractivity contribution in [1.29, 1.82) is 0 Å². The molecule has 2 bridgehead atoms. The first-order valence-corrected chi connectivity index (χ1v) is 8.85. The van der Waals surface area contributed by atoms with Gasteiger partial charge in [-0.15, -0.1) is 0 Å². The third-order valence-corrected chi connectivity index (χ3v) is 4.91. The highest BCUT2D eigenvalue weighted by Crippen LogP contribution is 2.45. The summed E-state index contributed by atoms with van der Waals surface area (Å²) in [5.41, 5.74) is 0. The summed E-state index contributed by atoms with van der Waals surface area (Å²) in [5.74, 6) is 1.20. The minimum Gasteiger partial charge on any atom is -0.396 e. The van der Waals surface area contributed by atoms with E-state index in [2.05, 4.69) is 19.1 Å².